The third-order valence-electron chi connectivity index (χ3n) is 13.8. The van der Waals surface area contributed by atoms with Crippen LogP contribution in [0.4, 0.5) is 4.79 Å². The van der Waals surface area contributed by atoms with E-state index < -0.39 is 42.3 Å². The van der Waals surface area contributed by atoms with E-state index in [2.05, 4.69) is 69.1 Å². The number of esters is 4. The molecule has 14 heteroatoms. The molecular weight excluding hydrogens is 965 g/mol. The molecule has 0 spiro atoms. The summed E-state index contributed by atoms with van der Waals surface area (Å²) in [6.07, 6.45) is 37.6. The highest BCUT2D eigenvalue weighted by molar-refractivity contribution is 5.71. The topological polar surface area (TPSA) is 165 Å². The van der Waals surface area contributed by atoms with Crippen molar-refractivity contribution in [2.45, 2.75) is 278 Å². The first kappa shape index (κ1) is 70.5. The highest BCUT2D eigenvalue weighted by atomic mass is 16.7. The van der Waals surface area contributed by atoms with Crippen LogP contribution in [-0.2, 0) is 52.3 Å². The Balaban J connectivity index is 2.83. The van der Waals surface area contributed by atoms with Gasteiger partial charge in [-0.05, 0) is 135 Å². The van der Waals surface area contributed by atoms with Crippen molar-refractivity contribution in [3.05, 3.63) is 24.3 Å². The zero-order valence-corrected chi connectivity index (χ0v) is 49.1. The molecule has 1 saturated heterocycles. The molecule has 0 aliphatic carbocycles. The first-order valence-electron chi connectivity index (χ1n) is 31.0. The van der Waals surface area contributed by atoms with Crippen LogP contribution in [0.15, 0.2) is 24.3 Å². The third kappa shape index (κ3) is 44.5. The molecular formula is C62H112N2O12. The van der Waals surface area contributed by atoms with Crippen LogP contribution >= 0.6 is 0 Å². The molecule has 442 valence electrons. The number of amides is 1. The highest BCUT2D eigenvalue weighted by Crippen LogP contribution is 2.19. The number of alkyl carbamates (subject to hydrolysis) is 1. The Morgan fingerprint density at radius 2 is 0.908 bits per heavy atom. The minimum absolute atomic E-state index is 0.0260. The summed E-state index contributed by atoms with van der Waals surface area (Å²) in [6.45, 7) is 14.9. The van der Waals surface area contributed by atoms with E-state index in [0.29, 0.717) is 64.7 Å². The summed E-state index contributed by atoms with van der Waals surface area (Å²) in [5, 5.41) is 2.87. The van der Waals surface area contributed by atoms with Gasteiger partial charge in [-0.25, -0.2) is 4.79 Å². The largest absolute Gasteiger partial charge is 0.465 e. The number of carbonyl (C=O) groups is 5. The highest BCUT2D eigenvalue weighted by Gasteiger charge is 2.22. The van der Waals surface area contributed by atoms with E-state index in [1.807, 2.05) is 0 Å². The Bertz CT molecular complexity index is 1430. The number of allylic oxidation sites excluding steroid dienone is 4. The van der Waals surface area contributed by atoms with Gasteiger partial charge in [0.25, 0.3) is 0 Å². The molecule has 1 rings (SSSR count). The van der Waals surface area contributed by atoms with Crippen molar-refractivity contribution < 1.29 is 57.1 Å². The van der Waals surface area contributed by atoms with E-state index in [1.54, 1.807) is 0 Å². The van der Waals surface area contributed by atoms with Crippen molar-refractivity contribution in [3.8, 4) is 0 Å². The van der Waals surface area contributed by atoms with Crippen LogP contribution in [0.3, 0.4) is 0 Å². The minimum Gasteiger partial charge on any atom is -0.465 e. The van der Waals surface area contributed by atoms with Crippen molar-refractivity contribution in [1.82, 2.24) is 10.2 Å². The first-order valence-corrected chi connectivity index (χ1v) is 31.0. The second-order valence-electron chi connectivity index (χ2n) is 21.0. The predicted molar refractivity (Wildman–Crippen MR) is 305 cm³/mol. The van der Waals surface area contributed by atoms with E-state index in [4.69, 9.17) is 33.2 Å². The zero-order chi connectivity index (χ0) is 55.4. The average molecular weight is 1080 g/mol. The Morgan fingerprint density at radius 3 is 1.43 bits per heavy atom. The smallest absolute Gasteiger partial charge is 0.407 e. The number of nitrogens with zero attached hydrogens (tertiary/aromatic N) is 1. The van der Waals surface area contributed by atoms with Crippen LogP contribution in [0.5, 0.6) is 0 Å². The van der Waals surface area contributed by atoms with E-state index in [1.165, 1.54) is 64.2 Å². The van der Waals surface area contributed by atoms with Crippen molar-refractivity contribution in [2.75, 3.05) is 59.2 Å². The molecule has 0 aromatic heterocycles. The van der Waals surface area contributed by atoms with Gasteiger partial charge in [0.1, 0.15) is 32.0 Å². The van der Waals surface area contributed by atoms with Gasteiger partial charge in [-0.1, -0.05) is 130 Å². The van der Waals surface area contributed by atoms with Gasteiger partial charge in [-0.3, -0.25) is 19.2 Å². The molecule has 1 amide bonds. The summed E-state index contributed by atoms with van der Waals surface area (Å²) in [6, 6.07) is 0. The van der Waals surface area contributed by atoms with Crippen LogP contribution in [0.1, 0.15) is 259 Å². The Morgan fingerprint density at radius 1 is 0.461 bits per heavy atom. The number of likely N-dealkylation sites (tertiary alicyclic amines) is 1. The third-order valence-corrected chi connectivity index (χ3v) is 13.8. The van der Waals surface area contributed by atoms with Crippen LogP contribution in [0.25, 0.3) is 0 Å². The number of carbonyl (C=O) groups excluding carboxylic acids is 5. The average Bonchev–Trinajstić information content (AvgIpc) is 3.94. The van der Waals surface area contributed by atoms with Crippen LogP contribution in [0, 0.1) is 5.92 Å². The van der Waals surface area contributed by atoms with Crippen molar-refractivity contribution >= 4 is 30.0 Å². The van der Waals surface area contributed by atoms with Crippen LogP contribution < -0.4 is 5.32 Å². The fourth-order valence-electron chi connectivity index (χ4n) is 9.02. The molecule has 0 saturated carbocycles. The lowest BCUT2D eigenvalue weighted by atomic mass is 10.0. The number of rotatable bonds is 53. The molecule has 1 fully saturated rings. The summed E-state index contributed by atoms with van der Waals surface area (Å²) >= 11 is 0. The van der Waals surface area contributed by atoms with E-state index >= 15 is 0 Å². The summed E-state index contributed by atoms with van der Waals surface area (Å²) in [5.41, 5.74) is 0. The Hall–Kier alpha value is -3.49. The SMILES string of the molecule is CC/C=C\CCCCOC(CCC(=O)OCC(COC(=O)CCCCCC(=O)OC(CCCCCCC)CCCCCCC)COC(=O)CCC(CCCCC)OC(=O)NCCN1CCCC1)OCCCC/C=C\CC. The Kier molecular flexibility index (Phi) is 48.5. The van der Waals surface area contributed by atoms with Gasteiger partial charge in [-0.15, -0.1) is 0 Å². The summed E-state index contributed by atoms with van der Waals surface area (Å²) < 4.78 is 41.1. The molecule has 0 radical (unpaired) electrons. The van der Waals surface area contributed by atoms with Crippen molar-refractivity contribution in [3.63, 3.8) is 0 Å². The quantitative estimate of drug-likeness (QED) is 0.0201. The number of hydrogen-bond acceptors (Lipinski definition) is 13. The van der Waals surface area contributed by atoms with E-state index in [9.17, 15) is 24.0 Å². The maximum atomic E-state index is 13.2. The zero-order valence-electron chi connectivity index (χ0n) is 49.1. The van der Waals surface area contributed by atoms with Crippen molar-refractivity contribution in [2.24, 2.45) is 5.92 Å². The molecule has 14 nitrogen and oxygen atoms in total. The van der Waals surface area contributed by atoms with Gasteiger partial charge in [0.15, 0.2) is 6.29 Å². The standard InChI is InChI=1S/C62H112N2O12/c1-6-11-16-20-24-34-49-70-61(71-50-35-25-21-17-12-7-2)44-43-59(67)74-53-54(52-73-58(66)42-41-56(36-27-15-10-5)76-62(69)63-45-48-64-46-32-33-47-64)51-72-57(65)39-30-26-31-40-60(68)75-55(37-28-22-18-13-8-3)38-29-23-19-14-9-4/h11-12,16-17,54-56,61H,6-10,13-15,18-53H2,1-5H3,(H,63,69)/b16-11-,17-12-. The second kappa shape index (κ2) is 52.2. The molecule has 1 aliphatic rings. The molecule has 1 aliphatic heterocycles. The van der Waals surface area contributed by atoms with Gasteiger partial charge < -0.3 is 43.4 Å². The fraction of sp³-hybridized carbons (Fsp3) is 0.855. The van der Waals surface area contributed by atoms with Crippen LogP contribution in [0.2, 0.25) is 0 Å². The normalized spacial score (nSPS) is 13.7. The summed E-state index contributed by atoms with van der Waals surface area (Å²) in [7, 11) is 0. The van der Waals surface area contributed by atoms with E-state index in [-0.39, 0.29) is 51.2 Å². The number of ether oxygens (including phenoxy) is 7. The molecule has 1 heterocycles. The first-order chi connectivity index (χ1) is 37.1. The van der Waals surface area contributed by atoms with Gasteiger partial charge in [-0.2, -0.15) is 0 Å². The van der Waals surface area contributed by atoms with Gasteiger partial charge in [0, 0.05) is 52.0 Å². The number of hydrogen-bond donors (Lipinski definition) is 1. The van der Waals surface area contributed by atoms with Gasteiger partial charge >= 0.3 is 30.0 Å². The molecule has 76 heavy (non-hydrogen) atoms. The molecule has 2 unspecified atom stereocenters. The maximum absolute atomic E-state index is 13.2. The summed E-state index contributed by atoms with van der Waals surface area (Å²) in [4.78, 5) is 67.4. The minimum atomic E-state index is -0.609. The Labute approximate surface area is 463 Å². The maximum Gasteiger partial charge on any atom is 0.407 e. The lowest BCUT2D eigenvalue weighted by Crippen LogP contribution is -2.35. The summed E-state index contributed by atoms with van der Waals surface area (Å²) in [5.74, 6) is -2.12. The van der Waals surface area contributed by atoms with Crippen molar-refractivity contribution in [1.29, 1.82) is 0 Å². The van der Waals surface area contributed by atoms with Gasteiger partial charge in [0.2, 0.25) is 0 Å². The molecule has 0 aromatic rings. The van der Waals surface area contributed by atoms with Crippen LogP contribution in [-0.4, -0.2) is 113 Å². The van der Waals surface area contributed by atoms with E-state index in [0.717, 1.165) is 116 Å². The lowest BCUT2D eigenvalue weighted by Gasteiger charge is -2.20. The number of nitrogens with one attached hydrogen (secondary N) is 1. The fourth-order valence-corrected chi connectivity index (χ4v) is 9.02. The lowest BCUT2D eigenvalue weighted by molar-refractivity contribution is -0.162. The number of unbranched alkanes of at least 4 members (excludes halogenated alkanes) is 16. The second-order valence-corrected chi connectivity index (χ2v) is 21.0. The molecule has 2 atom stereocenters. The molecule has 0 bridgehead atoms. The molecule has 0 aromatic carbocycles. The molecule has 1 N–H and O–H groups in total. The van der Waals surface area contributed by atoms with Gasteiger partial charge in [0.05, 0.1) is 12.3 Å². The predicted octanol–water partition coefficient (Wildman–Crippen LogP) is 14.8. The monoisotopic (exact) mass is 1080 g/mol.